The van der Waals surface area contributed by atoms with Gasteiger partial charge in [-0.15, -0.1) is 0 Å². The summed E-state index contributed by atoms with van der Waals surface area (Å²) in [5, 5.41) is 9.66. The first kappa shape index (κ1) is 14.8. The topological polar surface area (TPSA) is 43.6 Å². The molecule has 1 aromatic heterocycles. The first-order chi connectivity index (χ1) is 9.68. The van der Waals surface area contributed by atoms with Gasteiger partial charge < -0.3 is 19.1 Å². The number of rotatable bonds is 6. The molecule has 0 unspecified atom stereocenters. The van der Waals surface area contributed by atoms with Crippen LogP contribution in [-0.4, -0.2) is 30.5 Å². The minimum Gasteiger partial charge on any atom is -0.390 e. The van der Waals surface area contributed by atoms with Crippen molar-refractivity contribution in [2.45, 2.75) is 18.8 Å². The van der Waals surface area contributed by atoms with E-state index in [-0.39, 0.29) is 12.6 Å². The Morgan fingerprint density at radius 3 is 2.30 bits per heavy atom. The van der Waals surface area contributed by atoms with Crippen molar-refractivity contribution >= 4 is 0 Å². The maximum Gasteiger partial charge on any atom is 0.233 e. The zero-order chi connectivity index (χ0) is 14.6. The molecule has 4 heteroatoms. The molecule has 108 valence electrons. The molecule has 0 aliphatic carbocycles. The Morgan fingerprint density at radius 2 is 1.75 bits per heavy atom. The summed E-state index contributed by atoms with van der Waals surface area (Å²) >= 11 is 0. The van der Waals surface area contributed by atoms with Crippen molar-refractivity contribution in [1.29, 1.82) is 0 Å². The number of aromatic nitrogens is 1. The van der Waals surface area contributed by atoms with Gasteiger partial charge in [0.1, 0.15) is 6.61 Å². The average Bonchev–Trinajstić information content (AvgIpc) is 3.00. The molecular weight excluding hydrogens is 254 g/mol. The predicted molar refractivity (Wildman–Crippen MR) is 77.5 cm³/mol. The summed E-state index contributed by atoms with van der Waals surface area (Å²) in [6.45, 7) is 1.86. The van der Waals surface area contributed by atoms with Gasteiger partial charge in [0.2, 0.25) is 5.79 Å². The van der Waals surface area contributed by atoms with Crippen molar-refractivity contribution in [2.75, 3.05) is 20.8 Å². The molecule has 0 spiro atoms. The molecule has 0 fully saturated rings. The van der Waals surface area contributed by atoms with Crippen molar-refractivity contribution in [3.05, 3.63) is 59.9 Å². The number of aliphatic hydroxyl groups excluding tert-OH is 1. The zero-order valence-corrected chi connectivity index (χ0v) is 12.1. The lowest BCUT2D eigenvalue weighted by atomic mass is 10.1. The quantitative estimate of drug-likeness (QED) is 0.824. The van der Waals surface area contributed by atoms with E-state index in [4.69, 9.17) is 9.47 Å². The Bertz CT molecular complexity index is 523. The predicted octanol–water partition coefficient (Wildman–Crippen LogP) is 2.54. The Morgan fingerprint density at radius 1 is 1.10 bits per heavy atom. The fourth-order valence-electron chi connectivity index (χ4n) is 2.45. The highest BCUT2D eigenvalue weighted by molar-refractivity contribution is 5.23. The highest BCUT2D eigenvalue weighted by atomic mass is 16.7. The van der Waals surface area contributed by atoms with E-state index in [1.807, 2.05) is 36.5 Å². The van der Waals surface area contributed by atoms with E-state index in [1.54, 1.807) is 0 Å². The van der Waals surface area contributed by atoms with Gasteiger partial charge in [-0.05, 0) is 24.6 Å². The van der Waals surface area contributed by atoms with E-state index < -0.39 is 5.79 Å². The molecule has 0 radical (unpaired) electrons. The lowest BCUT2D eigenvalue weighted by molar-refractivity contribution is -0.240. The van der Waals surface area contributed by atoms with Gasteiger partial charge in [-0.25, -0.2) is 0 Å². The fraction of sp³-hybridized carbons (Fsp3) is 0.375. The maximum atomic E-state index is 9.66. The second-order valence-corrected chi connectivity index (χ2v) is 4.71. The van der Waals surface area contributed by atoms with Gasteiger partial charge in [-0.2, -0.15) is 0 Å². The molecule has 0 amide bonds. The first-order valence-electron chi connectivity index (χ1n) is 6.62. The molecule has 0 aliphatic heterocycles. The number of benzene rings is 1. The van der Waals surface area contributed by atoms with Crippen LogP contribution >= 0.6 is 0 Å². The third kappa shape index (κ3) is 2.50. The molecule has 1 aromatic carbocycles. The number of methoxy groups -OCH3 is 2. The standard InChI is InChI=1S/C16H21NO3/c1-13(14-8-5-4-6-9-14)17-11-7-10-15(17)16(12-18,19-2)20-3/h4-11,13,18H,12H2,1-3H3/t13-/m1/s1. The van der Waals surface area contributed by atoms with Gasteiger partial charge in [-0.3, -0.25) is 0 Å². The van der Waals surface area contributed by atoms with E-state index in [1.165, 1.54) is 19.8 Å². The number of nitrogens with zero attached hydrogens (tertiary/aromatic N) is 1. The van der Waals surface area contributed by atoms with Gasteiger partial charge in [-0.1, -0.05) is 30.3 Å². The second-order valence-electron chi connectivity index (χ2n) is 4.71. The second kappa shape index (κ2) is 6.22. The summed E-state index contributed by atoms with van der Waals surface area (Å²) < 4.78 is 12.9. The molecule has 1 N–H and O–H groups in total. The van der Waals surface area contributed by atoms with Crippen LogP contribution < -0.4 is 0 Å². The molecule has 2 rings (SSSR count). The Hall–Kier alpha value is -1.62. The summed E-state index contributed by atoms with van der Waals surface area (Å²) in [7, 11) is 3.06. The van der Waals surface area contributed by atoms with Crippen LogP contribution in [0.2, 0.25) is 0 Å². The van der Waals surface area contributed by atoms with Crippen LogP contribution in [0.15, 0.2) is 48.7 Å². The SMILES string of the molecule is COC(CO)(OC)c1cccn1[C@H](C)c1ccccc1. The van der Waals surface area contributed by atoms with Crippen LogP contribution in [0.25, 0.3) is 0 Å². The summed E-state index contributed by atoms with van der Waals surface area (Å²) in [6, 6.07) is 14.1. The zero-order valence-electron chi connectivity index (χ0n) is 12.1. The minimum atomic E-state index is -1.13. The largest absolute Gasteiger partial charge is 0.390 e. The fourth-order valence-corrected chi connectivity index (χ4v) is 2.45. The van der Waals surface area contributed by atoms with E-state index in [2.05, 4.69) is 23.6 Å². The van der Waals surface area contributed by atoms with Crippen molar-refractivity contribution < 1.29 is 14.6 Å². The van der Waals surface area contributed by atoms with Crippen LogP contribution in [0.1, 0.15) is 24.2 Å². The van der Waals surface area contributed by atoms with Crippen molar-refractivity contribution in [1.82, 2.24) is 4.57 Å². The molecular formula is C16H21NO3. The van der Waals surface area contributed by atoms with E-state index in [9.17, 15) is 5.11 Å². The third-order valence-corrected chi connectivity index (χ3v) is 3.74. The van der Waals surface area contributed by atoms with Crippen LogP contribution in [0, 0.1) is 0 Å². The monoisotopic (exact) mass is 275 g/mol. The van der Waals surface area contributed by atoms with Crippen molar-refractivity contribution in [2.24, 2.45) is 0 Å². The summed E-state index contributed by atoms with van der Waals surface area (Å²) in [5.74, 6) is -1.13. The highest BCUT2D eigenvalue weighted by Gasteiger charge is 2.35. The van der Waals surface area contributed by atoms with Crippen LogP contribution in [0.3, 0.4) is 0 Å². The lowest BCUT2D eigenvalue weighted by Gasteiger charge is -2.31. The van der Waals surface area contributed by atoms with E-state index in [0.717, 1.165) is 5.69 Å². The third-order valence-electron chi connectivity index (χ3n) is 3.74. The first-order valence-corrected chi connectivity index (χ1v) is 6.62. The minimum absolute atomic E-state index is 0.123. The van der Waals surface area contributed by atoms with Crippen LogP contribution in [0.4, 0.5) is 0 Å². The van der Waals surface area contributed by atoms with Crippen LogP contribution in [0.5, 0.6) is 0 Å². The lowest BCUT2D eigenvalue weighted by Crippen LogP contribution is -2.37. The molecule has 4 nitrogen and oxygen atoms in total. The molecule has 0 aliphatic rings. The highest BCUT2D eigenvalue weighted by Crippen LogP contribution is 2.30. The van der Waals surface area contributed by atoms with E-state index >= 15 is 0 Å². The van der Waals surface area contributed by atoms with Crippen molar-refractivity contribution in [3.63, 3.8) is 0 Å². The smallest absolute Gasteiger partial charge is 0.233 e. The molecule has 0 bridgehead atoms. The van der Waals surface area contributed by atoms with Crippen LogP contribution in [-0.2, 0) is 15.3 Å². The average molecular weight is 275 g/mol. The number of hydrogen-bond acceptors (Lipinski definition) is 3. The Labute approximate surface area is 119 Å². The normalized spacial score (nSPS) is 13.4. The summed E-state index contributed by atoms with van der Waals surface area (Å²) in [5.41, 5.74) is 1.98. The molecule has 1 atom stereocenters. The molecule has 2 aromatic rings. The van der Waals surface area contributed by atoms with Gasteiger partial charge in [0, 0.05) is 20.4 Å². The molecule has 0 saturated carbocycles. The maximum absolute atomic E-state index is 9.66. The number of aliphatic hydroxyl groups is 1. The Kier molecular flexibility index (Phi) is 4.60. The number of hydrogen-bond donors (Lipinski definition) is 1. The molecule has 0 saturated heterocycles. The summed E-state index contributed by atoms with van der Waals surface area (Å²) in [6.07, 6.45) is 1.97. The van der Waals surface area contributed by atoms with Gasteiger partial charge in [0.25, 0.3) is 0 Å². The summed E-state index contributed by atoms with van der Waals surface area (Å²) in [4.78, 5) is 0. The van der Waals surface area contributed by atoms with Gasteiger partial charge in [0.15, 0.2) is 0 Å². The van der Waals surface area contributed by atoms with Gasteiger partial charge in [0.05, 0.1) is 11.7 Å². The van der Waals surface area contributed by atoms with Crippen molar-refractivity contribution in [3.8, 4) is 0 Å². The Balaban J connectivity index is 2.43. The van der Waals surface area contributed by atoms with E-state index in [0.29, 0.717) is 0 Å². The van der Waals surface area contributed by atoms with Gasteiger partial charge >= 0.3 is 0 Å². The molecule has 20 heavy (non-hydrogen) atoms. The number of ether oxygens (including phenoxy) is 2. The molecule has 1 heterocycles.